The van der Waals surface area contributed by atoms with Crippen molar-refractivity contribution in [3.8, 4) is 0 Å². The molecule has 150 valence electrons. The number of rotatable bonds is 7. The average molecular weight is 515 g/mol. The van der Waals surface area contributed by atoms with Gasteiger partial charge >= 0.3 is 0 Å². The number of thiophene rings is 1. The lowest BCUT2D eigenvalue weighted by Gasteiger charge is -2.40. The van der Waals surface area contributed by atoms with Crippen LogP contribution in [0, 0.1) is 0 Å². The highest BCUT2D eigenvalue weighted by molar-refractivity contribution is 14.0. The van der Waals surface area contributed by atoms with Crippen LogP contribution < -0.4 is 10.6 Å². The highest BCUT2D eigenvalue weighted by Crippen LogP contribution is 2.26. The minimum absolute atomic E-state index is 0. The van der Waals surface area contributed by atoms with E-state index in [1.807, 2.05) is 19.1 Å². The molecule has 1 saturated heterocycles. The average Bonchev–Trinajstić information content (AvgIpc) is 3.04. The van der Waals surface area contributed by atoms with E-state index in [2.05, 4.69) is 29.4 Å². The largest absolute Gasteiger partial charge is 0.386 e. The lowest BCUT2D eigenvalue weighted by atomic mass is 9.99. The Kier molecular flexibility index (Phi) is 10.8. The van der Waals surface area contributed by atoms with Gasteiger partial charge in [0, 0.05) is 23.5 Å². The number of nitrogens with one attached hydrogen (secondary N) is 2. The molecule has 2 heterocycles. The van der Waals surface area contributed by atoms with E-state index in [1.165, 1.54) is 30.6 Å². The van der Waals surface area contributed by atoms with Crippen molar-refractivity contribution in [1.29, 1.82) is 0 Å². The van der Waals surface area contributed by atoms with Crippen molar-refractivity contribution in [3.05, 3.63) is 21.3 Å². The third-order valence-electron chi connectivity index (χ3n) is 4.57. The van der Waals surface area contributed by atoms with E-state index in [0.717, 1.165) is 37.0 Å². The van der Waals surface area contributed by atoms with Crippen LogP contribution in [-0.2, 0) is 0 Å². The van der Waals surface area contributed by atoms with Gasteiger partial charge in [-0.05, 0) is 58.8 Å². The number of aliphatic hydroxyl groups excluding tert-OH is 1. The molecular formula is C18H32ClIN4OS. The van der Waals surface area contributed by atoms with Crippen molar-refractivity contribution < 1.29 is 5.11 Å². The summed E-state index contributed by atoms with van der Waals surface area (Å²) in [4.78, 5) is 8.15. The Morgan fingerprint density at radius 2 is 2.00 bits per heavy atom. The van der Waals surface area contributed by atoms with Crippen LogP contribution in [0.5, 0.6) is 0 Å². The summed E-state index contributed by atoms with van der Waals surface area (Å²) >= 11 is 7.34. The molecule has 0 saturated carbocycles. The Morgan fingerprint density at radius 1 is 1.31 bits per heavy atom. The van der Waals surface area contributed by atoms with Gasteiger partial charge in [0.1, 0.15) is 6.10 Å². The van der Waals surface area contributed by atoms with Gasteiger partial charge in [-0.2, -0.15) is 0 Å². The first-order valence-electron chi connectivity index (χ1n) is 9.13. The number of hydrogen-bond donors (Lipinski definition) is 3. The fourth-order valence-corrected chi connectivity index (χ4v) is 4.06. The second-order valence-electron chi connectivity index (χ2n) is 7.09. The number of hydrogen-bond acceptors (Lipinski definition) is 4. The Morgan fingerprint density at radius 3 is 2.58 bits per heavy atom. The minimum atomic E-state index is -0.587. The molecule has 8 heteroatoms. The van der Waals surface area contributed by atoms with Crippen molar-refractivity contribution in [3.63, 3.8) is 0 Å². The predicted molar refractivity (Wildman–Crippen MR) is 123 cm³/mol. The van der Waals surface area contributed by atoms with Gasteiger partial charge in [-0.25, -0.2) is 0 Å². The lowest BCUT2D eigenvalue weighted by Crippen LogP contribution is -2.49. The summed E-state index contributed by atoms with van der Waals surface area (Å²) in [6.45, 7) is 10.8. The van der Waals surface area contributed by atoms with Crippen LogP contribution >= 0.6 is 46.9 Å². The van der Waals surface area contributed by atoms with Gasteiger partial charge in [0.2, 0.25) is 0 Å². The Hall–Kier alpha value is -0.0900. The molecule has 1 aliphatic heterocycles. The number of piperidine rings is 1. The summed E-state index contributed by atoms with van der Waals surface area (Å²) in [6.07, 6.45) is 3.31. The Balaban J connectivity index is 0.00000338. The molecule has 0 spiro atoms. The molecule has 0 aliphatic carbocycles. The van der Waals surface area contributed by atoms with E-state index < -0.39 is 6.10 Å². The number of likely N-dealkylation sites (tertiary alicyclic amines) is 1. The molecule has 1 aromatic heterocycles. The zero-order valence-corrected chi connectivity index (χ0v) is 19.8. The molecule has 3 N–H and O–H groups in total. The smallest absolute Gasteiger partial charge is 0.191 e. The molecule has 1 fully saturated rings. The summed E-state index contributed by atoms with van der Waals surface area (Å²) in [5, 5.41) is 16.8. The Labute approximate surface area is 183 Å². The van der Waals surface area contributed by atoms with Gasteiger partial charge in [-0.1, -0.05) is 18.0 Å². The zero-order chi connectivity index (χ0) is 18.3. The molecular weight excluding hydrogens is 483 g/mol. The van der Waals surface area contributed by atoms with Gasteiger partial charge in [0.15, 0.2) is 5.96 Å². The maximum Gasteiger partial charge on any atom is 0.191 e. The van der Waals surface area contributed by atoms with Crippen LogP contribution in [0.4, 0.5) is 0 Å². The molecule has 0 aromatic carbocycles. The summed E-state index contributed by atoms with van der Waals surface area (Å²) in [5.41, 5.74) is 0.0443. The molecule has 0 bridgehead atoms. The number of aliphatic hydroxyl groups is 1. The molecule has 1 aliphatic rings. The third-order valence-corrected chi connectivity index (χ3v) is 5.90. The van der Waals surface area contributed by atoms with Crippen molar-refractivity contribution in [2.24, 2.45) is 4.99 Å². The van der Waals surface area contributed by atoms with Crippen LogP contribution in [0.2, 0.25) is 4.34 Å². The fourth-order valence-electron chi connectivity index (χ4n) is 3.01. The number of guanidine groups is 1. The van der Waals surface area contributed by atoms with Crippen LogP contribution in [0.3, 0.4) is 0 Å². The number of nitrogens with zero attached hydrogens (tertiary/aromatic N) is 2. The highest BCUT2D eigenvalue weighted by atomic mass is 127. The highest BCUT2D eigenvalue weighted by Gasteiger charge is 2.27. The van der Waals surface area contributed by atoms with Gasteiger partial charge in [-0.15, -0.1) is 35.3 Å². The molecule has 0 amide bonds. The summed E-state index contributed by atoms with van der Waals surface area (Å²) < 4.78 is 0.693. The summed E-state index contributed by atoms with van der Waals surface area (Å²) in [7, 11) is 0. The molecule has 1 aromatic rings. The molecule has 5 nitrogen and oxygen atoms in total. The number of aliphatic imine (C=N–C) groups is 1. The summed E-state index contributed by atoms with van der Waals surface area (Å²) in [5.74, 6) is 0.745. The van der Waals surface area contributed by atoms with Gasteiger partial charge < -0.3 is 15.7 Å². The fraction of sp³-hybridized carbons (Fsp3) is 0.722. The van der Waals surface area contributed by atoms with Crippen molar-refractivity contribution in [2.45, 2.75) is 51.7 Å². The lowest BCUT2D eigenvalue weighted by molar-refractivity contribution is 0.102. The Bertz CT molecular complexity index is 561. The van der Waals surface area contributed by atoms with Crippen LogP contribution in [0.25, 0.3) is 0 Å². The van der Waals surface area contributed by atoms with E-state index in [-0.39, 0.29) is 29.5 Å². The first-order valence-corrected chi connectivity index (χ1v) is 10.3. The van der Waals surface area contributed by atoms with Crippen molar-refractivity contribution in [1.82, 2.24) is 15.5 Å². The van der Waals surface area contributed by atoms with E-state index in [1.54, 1.807) is 0 Å². The molecule has 1 unspecified atom stereocenters. The second-order valence-corrected chi connectivity index (χ2v) is 8.84. The normalized spacial score (nSPS) is 17.5. The van der Waals surface area contributed by atoms with Gasteiger partial charge in [0.25, 0.3) is 0 Å². The maximum absolute atomic E-state index is 10.3. The van der Waals surface area contributed by atoms with Gasteiger partial charge in [-0.3, -0.25) is 9.89 Å². The van der Waals surface area contributed by atoms with E-state index in [4.69, 9.17) is 16.6 Å². The summed E-state index contributed by atoms with van der Waals surface area (Å²) in [6, 6.07) is 3.67. The second kappa shape index (κ2) is 11.7. The van der Waals surface area contributed by atoms with Crippen LogP contribution in [-0.4, -0.2) is 54.2 Å². The monoisotopic (exact) mass is 514 g/mol. The maximum atomic E-state index is 10.3. The molecule has 0 radical (unpaired) electrons. The predicted octanol–water partition coefficient (Wildman–Crippen LogP) is 3.87. The molecule has 1 atom stereocenters. The number of halogens is 2. The first-order chi connectivity index (χ1) is 11.9. The van der Waals surface area contributed by atoms with E-state index in [0.29, 0.717) is 10.9 Å². The standard InChI is InChI=1S/C18H31ClN4OS.HI/c1-4-20-17(21-12-14(24)15-8-9-16(19)25-15)22-13-18(2,3)23-10-6-5-7-11-23;/h8-9,14,24H,4-7,10-13H2,1-3H3,(H2,20,21,22);1H. The minimum Gasteiger partial charge on any atom is -0.386 e. The quantitative estimate of drug-likeness (QED) is 0.294. The van der Waals surface area contributed by atoms with Gasteiger partial charge in [0.05, 0.1) is 10.9 Å². The van der Waals surface area contributed by atoms with Crippen LogP contribution in [0.1, 0.15) is 51.0 Å². The third kappa shape index (κ3) is 7.50. The topological polar surface area (TPSA) is 59.9 Å². The van der Waals surface area contributed by atoms with E-state index in [9.17, 15) is 5.11 Å². The van der Waals surface area contributed by atoms with Crippen molar-refractivity contribution in [2.75, 3.05) is 32.7 Å². The van der Waals surface area contributed by atoms with Crippen molar-refractivity contribution >= 4 is 52.9 Å². The first kappa shape index (κ1) is 23.9. The van der Waals surface area contributed by atoms with E-state index >= 15 is 0 Å². The van der Waals surface area contributed by atoms with Crippen LogP contribution in [0.15, 0.2) is 17.1 Å². The SMILES string of the molecule is CCNC(=NCC(C)(C)N1CCCCC1)NCC(O)c1ccc(Cl)s1.I. The molecule has 2 rings (SSSR count). The zero-order valence-electron chi connectivity index (χ0n) is 15.9. The molecule has 26 heavy (non-hydrogen) atoms.